The lowest BCUT2D eigenvalue weighted by Gasteiger charge is -2.12. The standard InChI is InChI=1S/C14H19NO2S/c16-10-11-6-7-12(9-11)15-14(17)5-1-3-13-4-2-8-18-13/h2,4,6-8,11-12,16H,1,3,5,9-10H2,(H,15,17)/t11-,12+/m0/s1. The molecular formula is C14H19NO2S. The van der Waals surface area contributed by atoms with E-state index >= 15 is 0 Å². The zero-order valence-corrected chi connectivity index (χ0v) is 11.2. The van der Waals surface area contributed by atoms with Crippen LogP contribution in [-0.4, -0.2) is 23.7 Å². The molecule has 0 aliphatic heterocycles. The Hall–Kier alpha value is -1.13. The number of aliphatic hydroxyl groups is 1. The number of hydrogen-bond acceptors (Lipinski definition) is 3. The van der Waals surface area contributed by atoms with Crippen molar-refractivity contribution >= 4 is 17.2 Å². The highest BCUT2D eigenvalue weighted by Gasteiger charge is 2.19. The third-order valence-electron chi connectivity index (χ3n) is 3.16. The van der Waals surface area contributed by atoms with E-state index in [0.29, 0.717) is 6.42 Å². The van der Waals surface area contributed by atoms with Gasteiger partial charge in [-0.2, -0.15) is 0 Å². The smallest absolute Gasteiger partial charge is 0.220 e. The summed E-state index contributed by atoms with van der Waals surface area (Å²) in [7, 11) is 0. The van der Waals surface area contributed by atoms with Gasteiger partial charge in [0.25, 0.3) is 0 Å². The molecule has 3 nitrogen and oxygen atoms in total. The summed E-state index contributed by atoms with van der Waals surface area (Å²) in [6, 6.07) is 4.25. The lowest BCUT2D eigenvalue weighted by Crippen LogP contribution is -2.32. The first-order valence-corrected chi connectivity index (χ1v) is 7.27. The second-order valence-corrected chi connectivity index (χ2v) is 5.70. The Morgan fingerprint density at radius 2 is 2.39 bits per heavy atom. The van der Waals surface area contributed by atoms with Crippen molar-refractivity contribution in [3.63, 3.8) is 0 Å². The Balaban J connectivity index is 1.62. The van der Waals surface area contributed by atoms with Crippen molar-refractivity contribution in [1.29, 1.82) is 0 Å². The van der Waals surface area contributed by atoms with Crippen LogP contribution in [0.5, 0.6) is 0 Å². The Bertz CT molecular complexity index is 400. The van der Waals surface area contributed by atoms with Gasteiger partial charge in [0.2, 0.25) is 5.91 Å². The molecule has 1 aliphatic rings. The van der Waals surface area contributed by atoms with Gasteiger partial charge < -0.3 is 10.4 Å². The fourth-order valence-corrected chi connectivity index (χ4v) is 2.93. The molecule has 1 amide bonds. The van der Waals surface area contributed by atoms with Crippen LogP contribution in [0.4, 0.5) is 0 Å². The Morgan fingerprint density at radius 1 is 1.50 bits per heavy atom. The average molecular weight is 265 g/mol. The predicted octanol–water partition coefficient (Wildman–Crippen LogP) is 2.12. The predicted molar refractivity (Wildman–Crippen MR) is 73.5 cm³/mol. The largest absolute Gasteiger partial charge is 0.396 e. The summed E-state index contributed by atoms with van der Waals surface area (Å²) in [5, 5.41) is 14.1. The number of amides is 1. The molecule has 0 saturated carbocycles. The van der Waals surface area contributed by atoms with Crippen LogP contribution >= 0.6 is 11.3 Å². The molecule has 2 atom stereocenters. The molecule has 1 aromatic rings. The first-order valence-electron chi connectivity index (χ1n) is 6.39. The number of carbonyl (C=O) groups is 1. The van der Waals surface area contributed by atoms with E-state index in [0.717, 1.165) is 19.3 Å². The molecule has 4 heteroatoms. The van der Waals surface area contributed by atoms with Crippen LogP contribution in [0.3, 0.4) is 0 Å². The SMILES string of the molecule is O=C(CCCc1cccs1)N[C@@H]1C=C[C@H](CO)C1. The number of aliphatic hydroxyl groups excluding tert-OH is 1. The number of rotatable bonds is 6. The number of carbonyl (C=O) groups excluding carboxylic acids is 1. The summed E-state index contributed by atoms with van der Waals surface area (Å²) in [5.74, 6) is 0.321. The normalized spacial score (nSPS) is 22.3. The molecular weight excluding hydrogens is 246 g/mol. The first kappa shape index (κ1) is 13.3. The summed E-state index contributed by atoms with van der Waals surface area (Å²) in [6.07, 6.45) is 7.24. The monoisotopic (exact) mass is 265 g/mol. The van der Waals surface area contributed by atoms with Crippen molar-refractivity contribution in [1.82, 2.24) is 5.32 Å². The van der Waals surface area contributed by atoms with Crippen LogP contribution in [0.15, 0.2) is 29.7 Å². The molecule has 0 saturated heterocycles. The van der Waals surface area contributed by atoms with Gasteiger partial charge in [-0.05, 0) is 30.7 Å². The second-order valence-electron chi connectivity index (χ2n) is 4.67. The summed E-state index contributed by atoms with van der Waals surface area (Å²) >= 11 is 1.74. The average Bonchev–Trinajstić information content (AvgIpc) is 3.00. The van der Waals surface area contributed by atoms with Gasteiger partial charge in [0.1, 0.15) is 0 Å². The molecule has 2 N–H and O–H groups in total. The van der Waals surface area contributed by atoms with E-state index in [1.807, 2.05) is 18.2 Å². The topological polar surface area (TPSA) is 49.3 Å². The van der Waals surface area contributed by atoms with Gasteiger partial charge in [0.05, 0.1) is 0 Å². The maximum absolute atomic E-state index is 11.7. The van der Waals surface area contributed by atoms with Gasteiger partial charge in [0.15, 0.2) is 0 Å². The van der Waals surface area contributed by atoms with E-state index in [2.05, 4.69) is 16.8 Å². The van der Waals surface area contributed by atoms with Gasteiger partial charge in [-0.1, -0.05) is 18.2 Å². The Morgan fingerprint density at radius 3 is 3.06 bits per heavy atom. The first-order chi connectivity index (χ1) is 8.78. The summed E-state index contributed by atoms with van der Waals surface area (Å²) in [6.45, 7) is 0.168. The molecule has 0 radical (unpaired) electrons. The molecule has 98 valence electrons. The molecule has 0 fully saturated rings. The van der Waals surface area contributed by atoms with E-state index in [-0.39, 0.29) is 24.5 Å². The van der Waals surface area contributed by atoms with Gasteiger partial charge in [-0.25, -0.2) is 0 Å². The van der Waals surface area contributed by atoms with Crippen molar-refractivity contribution in [3.05, 3.63) is 34.5 Å². The van der Waals surface area contributed by atoms with E-state index in [4.69, 9.17) is 5.11 Å². The van der Waals surface area contributed by atoms with Crippen LogP contribution in [0.2, 0.25) is 0 Å². The van der Waals surface area contributed by atoms with E-state index < -0.39 is 0 Å². The maximum Gasteiger partial charge on any atom is 0.220 e. The number of hydrogen-bond donors (Lipinski definition) is 2. The highest BCUT2D eigenvalue weighted by molar-refractivity contribution is 7.09. The summed E-state index contributed by atoms with van der Waals surface area (Å²) in [5.41, 5.74) is 0. The third kappa shape index (κ3) is 3.96. The minimum atomic E-state index is 0.108. The van der Waals surface area contributed by atoms with Crippen LogP contribution in [0.25, 0.3) is 0 Å². The quantitative estimate of drug-likeness (QED) is 0.774. The van der Waals surface area contributed by atoms with Crippen molar-refractivity contribution in [2.24, 2.45) is 5.92 Å². The second kappa shape index (κ2) is 6.71. The highest BCUT2D eigenvalue weighted by atomic mass is 32.1. The van der Waals surface area contributed by atoms with Crippen LogP contribution in [0.1, 0.15) is 24.1 Å². The summed E-state index contributed by atoms with van der Waals surface area (Å²) < 4.78 is 0. The molecule has 1 aliphatic carbocycles. The number of aryl methyl sites for hydroxylation is 1. The molecule has 0 aromatic carbocycles. The van der Waals surface area contributed by atoms with Crippen LogP contribution in [0, 0.1) is 5.92 Å². The number of thiophene rings is 1. The third-order valence-corrected chi connectivity index (χ3v) is 4.10. The summed E-state index contributed by atoms with van der Waals surface area (Å²) in [4.78, 5) is 13.1. The zero-order chi connectivity index (χ0) is 12.8. The minimum absolute atomic E-state index is 0.108. The van der Waals surface area contributed by atoms with Crippen molar-refractivity contribution in [2.45, 2.75) is 31.7 Å². The fourth-order valence-electron chi connectivity index (χ4n) is 2.17. The van der Waals surface area contributed by atoms with Crippen LogP contribution in [-0.2, 0) is 11.2 Å². The van der Waals surface area contributed by atoms with Gasteiger partial charge >= 0.3 is 0 Å². The van der Waals surface area contributed by atoms with Crippen molar-refractivity contribution < 1.29 is 9.90 Å². The molecule has 1 heterocycles. The lowest BCUT2D eigenvalue weighted by atomic mass is 10.1. The van der Waals surface area contributed by atoms with Crippen LogP contribution < -0.4 is 5.32 Å². The Labute approximate surface area is 112 Å². The van der Waals surface area contributed by atoms with E-state index in [1.54, 1.807) is 11.3 Å². The van der Waals surface area contributed by atoms with Crippen molar-refractivity contribution in [2.75, 3.05) is 6.61 Å². The zero-order valence-electron chi connectivity index (χ0n) is 10.3. The van der Waals surface area contributed by atoms with Gasteiger partial charge in [-0.3, -0.25) is 4.79 Å². The Kier molecular flexibility index (Phi) is 4.96. The highest BCUT2D eigenvalue weighted by Crippen LogP contribution is 2.17. The maximum atomic E-state index is 11.7. The van der Waals surface area contributed by atoms with Crippen molar-refractivity contribution in [3.8, 4) is 0 Å². The fraction of sp³-hybridized carbons (Fsp3) is 0.500. The molecule has 0 bridgehead atoms. The van der Waals surface area contributed by atoms with E-state index in [1.165, 1.54) is 4.88 Å². The number of nitrogens with one attached hydrogen (secondary N) is 1. The molecule has 0 spiro atoms. The van der Waals surface area contributed by atoms with E-state index in [9.17, 15) is 4.79 Å². The molecule has 1 aromatic heterocycles. The molecule has 2 rings (SSSR count). The van der Waals surface area contributed by atoms with Gasteiger partial charge in [0, 0.05) is 29.9 Å². The molecule has 18 heavy (non-hydrogen) atoms. The van der Waals surface area contributed by atoms with Gasteiger partial charge in [-0.15, -0.1) is 11.3 Å². The lowest BCUT2D eigenvalue weighted by molar-refractivity contribution is -0.121. The minimum Gasteiger partial charge on any atom is -0.396 e. The molecule has 0 unspecified atom stereocenters.